The SMILES string of the molecule is CN(C)C1CCC(CNC(=O)c2ccc(-n3ccnc3)cc2)CC1.O=CO. The lowest BCUT2D eigenvalue weighted by Gasteiger charge is -2.32. The third-order valence-corrected chi connectivity index (χ3v) is 5.03. The number of rotatable bonds is 5. The standard InChI is InChI=1S/C19H26N4O.CH2O2/c1-22(2)17-7-3-15(4-8-17)13-21-19(24)16-5-9-18(10-6-16)23-12-11-20-14-23;2-1-3/h5-6,9-12,14-15,17H,3-4,7-8,13H2,1-2H3,(H,21,24);1H,(H,2,3). The predicted molar refractivity (Wildman–Crippen MR) is 104 cm³/mol. The zero-order valence-electron chi connectivity index (χ0n) is 15.9. The van der Waals surface area contributed by atoms with Gasteiger partial charge in [0.15, 0.2) is 0 Å². The molecule has 1 aromatic heterocycles. The van der Waals surface area contributed by atoms with Gasteiger partial charge in [-0.05, 0) is 70.0 Å². The van der Waals surface area contributed by atoms with Crippen molar-refractivity contribution in [1.29, 1.82) is 0 Å². The molecule has 0 saturated heterocycles. The molecule has 0 unspecified atom stereocenters. The van der Waals surface area contributed by atoms with Crippen molar-refractivity contribution in [3.05, 3.63) is 48.5 Å². The normalized spacial score (nSPS) is 19.1. The topological polar surface area (TPSA) is 87.5 Å². The van der Waals surface area contributed by atoms with Gasteiger partial charge in [-0.1, -0.05) is 0 Å². The van der Waals surface area contributed by atoms with E-state index in [-0.39, 0.29) is 12.4 Å². The smallest absolute Gasteiger partial charge is 0.290 e. The molecule has 1 heterocycles. The summed E-state index contributed by atoms with van der Waals surface area (Å²) >= 11 is 0. The summed E-state index contributed by atoms with van der Waals surface area (Å²) in [5.41, 5.74) is 1.71. The zero-order chi connectivity index (χ0) is 19.6. The van der Waals surface area contributed by atoms with Crippen molar-refractivity contribution in [3.8, 4) is 5.69 Å². The Labute approximate surface area is 160 Å². The van der Waals surface area contributed by atoms with Crippen LogP contribution in [0.3, 0.4) is 0 Å². The summed E-state index contributed by atoms with van der Waals surface area (Å²) in [7, 11) is 4.31. The van der Waals surface area contributed by atoms with Gasteiger partial charge in [0.1, 0.15) is 0 Å². The molecule has 0 spiro atoms. The quantitative estimate of drug-likeness (QED) is 0.787. The maximum absolute atomic E-state index is 12.3. The number of hydrogen-bond donors (Lipinski definition) is 2. The summed E-state index contributed by atoms with van der Waals surface area (Å²) in [5, 5.41) is 9.98. The van der Waals surface area contributed by atoms with Crippen molar-refractivity contribution < 1.29 is 14.7 Å². The van der Waals surface area contributed by atoms with Crippen molar-refractivity contribution in [1.82, 2.24) is 19.8 Å². The maximum atomic E-state index is 12.3. The molecule has 3 rings (SSSR count). The Hall–Kier alpha value is -2.67. The van der Waals surface area contributed by atoms with E-state index < -0.39 is 0 Å². The lowest BCUT2D eigenvalue weighted by Crippen LogP contribution is -2.36. The van der Waals surface area contributed by atoms with E-state index in [1.807, 2.05) is 35.0 Å². The minimum Gasteiger partial charge on any atom is -0.483 e. The molecular formula is C20H28N4O3. The summed E-state index contributed by atoms with van der Waals surface area (Å²) in [5.74, 6) is 0.622. The number of amides is 1. The second-order valence-corrected chi connectivity index (χ2v) is 6.97. The number of hydrogen-bond acceptors (Lipinski definition) is 4. The summed E-state index contributed by atoms with van der Waals surface area (Å²) in [6.45, 7) is 0.530. The molecule has 27 heavy (non-hydrogen) atoms. The second-order valence-electron chi connectivity index (χ2n) is 6.97. The van der Waals surface area contributed by atoms with E-state index in [9.17, 15) is 4.79 Å². The lowest BCUT2D eigenvalue weighted by atomic mass is 9.85. The molecule has 2 N–H and O–H groups in total. The fourth-order valence-corrected chi connectivity index (χ4v) is 3.40. The van der Waals surface area contributed by atoms with Gasteiger partial charge in [0.2, 0.25) is 0 Å². The van der Waals surface area contributed by atoms with Crippen LogP contribution in [0.15, 0.2) is 43.0 Å². The Bertz CT molecular complexity index is 691. The molecule has 7 nitrogen and oxygen atoms in total. The van der Waals surface area contributed by atoms with Gasteiger partial charge < -0.3 is 19.9 Å². The van der Waals surface area contributed by atoms with Gasteiger partial charge in [-0.25, -0.2) is 4.98 Å². The van der Waals surface area contributed by atoms with Crippen LogP contribution in [-0.4, -0.2) is 58.6 Å². The molecule has 0 atom stereocenters. The van der Waals surface area contributed by atoms with Gasteiger partial charge in [0.05, 0.1) is 6.33 Å². The average Bonchev–Trinajstić information content (AvgIpc) is 3.22. The molecule has 1 aromatic carbocycles. The molecule has 0 bridgehead atoms. The Morgan fingerprint density at radius 2 is 1.89 bits per heavy atom. The number of carbonyl (C=O) groups is 2. The van der Waals surface area contributed by atoms with Crippen LogP contribution in [0.1, 0.15) is 36.0 Å². The fraction of sp³-hybridized carbons (Fsp3) is 0.450. The maximum Gasteiger partial charge on any atom is 0.290 e. The molecule has 1 amide bonds. The largest absolute Gasteiger partial charge is 0.483 e. The van der Waals surface area contributed by atoms with Gasteiger partial charge in [-0.15, -0.1) is 0 Å². The van der Waals surface area contributed by atoms with Gasteiger partial charge in [-0.2, -0.15) is 0 Å². The first-order valence-corrected chi connectivity index (χ1v) is 9.16. The minimum absolute atomic E-state index is 0.0157. The van der Waals surface area contributed by atoms with Crippen molar-refractivity contribution in [2.75, 3.05) is 20.6 Å². The highest BCUT2D eigenvalue weighted by Crippen LogP contribution is 2.26. The van der Waals surface area contributed by atoms with Gasteiger partial charge in [-0.3, -0.25) is 9.59 Å². The number of benzene rings is 1. The Morgan fingerprint density at radius 1 is 1.26 bits per heavy atom. The van der Waals surface area contributed by atoms with Crippen LogP contribution in [-0.2, 0) is 4.79 Å². The van der Waals surface area contributed by atoms with Gasteiger partial charge in [0, 0.05) is 36.2 Å². The van der Waals surface area contributed by atoms with Crippen molar-refractivity contribution >= 4 is 12.4 Å². The zero-order valence-corrected chi connectivity index (χ0v) is 15.9. The van der Waals surface area contributed by atoms with E-state index in [2.05, 4.69) is 29.3 Å². The number of nitrogens with one attached hydrogen (secondary N) is 1. The Balaban J connectivity index is 0.000000817. The first-order chi connectivity index (χ1) is 13.0. The number of nitrogens with zero attached hydrogens (tertiary/aromatic N) is 3. The molecule has 2 aromatic rings. The van der Waals surface area contributed by atoms with Crippen LogP contribution in [0.5, 0.6) is 0 Å². The van der Waals surface area contributed by atoms with Crippen LogP contribution in [0.25, 0.3) is 5.69 Å². The molecule has 1 aliphatic carbocycles. The highest BCUT2D eigenvalue weighted by atomic mass is 16.3. The summed E-state index contributed by atoms with van der Waals surface area (Å²) in [4.78, 5) is 27.0. The van der Waals surface area contributed by atoms with Crippen molar-refractivity contribution in [2.45, 2.75) is 31.7 Å². The molecule has 146 valence electrons. The summed E-state index contributed by atoms with van der Waals surface area (Å²) < 4.78 is 1.92. The van der Waals surface area contributed by atoms with E-state index in [1.165, 1.54) is 25.7 Å². The number of carbonyl (C=O) groups excluding carboxylic acids is 1. The van der Waals surface area contributed by atoms with Crippen LogP contribution in [0.4, 0.5) is 0 Å². The van der Waals surface area contributed by atoms with Crippen LogP contribution in [0, 0.1) is 5.92 Å². The fourth-order valence-electron chi connectivity index (χ4n) is 3.40. The number of aromatic nitrogens is 2. The highest BCUT2D eigenvalue weighted by molar-refractivity contribution is 5.94. The van der Waals surface area contributed by atoms with E-state index in [0.29, 0.717) is 17.5 Å². The highest BCUT2D eigenvalue weighted by Gasteiger charge is 2.22. The third-order valence-electron chi connectivity index (χ3n) is 5.03. The van der Waals surface area contributed by atoms with Crippen LogP contribution >= 0.6 is 0 Å². The Morgan fingerprint density at radius 3 is 2.41 bits per heavy atom. The first-order valence-electron chi connectivity index (χ1n) is 9.16. The lowest BCUT2D eigenvalue weighted by molar-refractivity contribution is -0.122. The van der Waals surface area contributed by atoms with Crippen LogP contribution < -0.4 is 5.32 Å². The number of carboxylic acid groups (broad SMARTS) is 1. The molecule has 0 aliphatic heterocycles. The number of imidazole rings is 1. The molecule has 1 fully saturated rings. The third kappa shape index (κ3) is 6.21. The van der Waals surface area contributed by atoms with Crippen LogP contribution in [0.2, 0.25) is 0 Å². The van der Waals surface area contributed by atoms with Crippen molar-refractivity contribution in [3.63, 3.8) is 0 Å². The first kappa shape index (κ1) is 20.6. The molecule has 7 heteroatoms. The molecule has 1 aliphatic rings. The van der Waals surface area contributed by atoms with Gasteiger partial charge in [0.25, 0.3) is 12.4 Å². The van der Waals surface area contributed by atoms with Crippen molar-refractivity contribution in [2.24, 2.45) is 5.92 Å². The monoisotopic (exact) mass is 372 g/mol. The van der Waals surface area contributed by atoms with E-state index in [0.717, 1.165) is 12.2 Å². The summed E-state index contributed by atoms with van der Waals surface area (Å²) in [6, 6.07) is 8.33. The Kier molecular flexibility index (Phi) is 8.00. The molecular weight excluding hydrogens is 344 g/mol. The minimum atomic E-state index is -0.250. The van der Waals surface area contributed by atoms with Gasteiger partial charge >= 0.3 is 0 Å². The van der Waals surface area contributed by atoms with E-state index >= 15 is 0 Å². The van der Waals surface area contributed by atoms with E-state index in [4.69, 9.17) is 9.90 Å². The average molecular weight is 372 g/mol. The van der Waals surface area contributed by atoms with E-state index in [1.54, 1.807) is 12.5 Å². The molecule has 1 saturated carbocycles. The molecule has 0 radical (unpaired) electrons. The predicted octanol–water partition coefficient (Wildman–Crippen LogP) is 2.42. The summed E-state index contributed by atoms with van der Waals surface area (Å²) in [6.07, 6.45) is 10.2. The second kappa shape index (κ2) is 10.5.